The highest BCUT2D eigenvalue weighted by Gasteiger charge is 2.27. The second-order valence-corrected chi connectivity index (χ2v) is 22.1. The van der Waals surface area contributed by atoms with Crippen LogP contribution in [-0.2, 0) is 18.4 Å². The molecule has 8 nitrogen and oxygen atoms in total. The highest BCUT2D eigenvalue weighted by Crippen LogP contribution is 2.43. The van der Waals surface area contributed by atoms with Gasteiger partial charge in [-0.05, 0) is 109 Å². The Hall–Kier alpha value is -3.62. The van der Waals surface area contributed by atoms with Gasteiger partial charge < -0.3 is 19.8 Å². The van der Waals surface area contributed by atoms with E-state index in [9.17, 15) is 19.4 Å². The lowest BCUT2D eigenvalue weighted by Crippen LogP contribution is -2.45. The number of phosphoric ester groups is 1. The molecule has 0 rings (SSSR count). The van der Waals surface area contributed by atoms with Crippen LogP contribution in [-0.4, -0.2) is 73.4 Å². The number of phosphoric acid groups is 1. The number of amides is 1. The maximum atomic E-state index is 13.0. The third-order valence-corrected chi connectivity index (χ3v) is 13.3. The molecule has 0 aliphatic carbocycles. The third-order valence-electron chi connectivity index (χ3n) is 12.3. The predicted molar refractivity (Wildman–Crippen MR) is 327 cm³/mol. The van der Waals surface area contributed by atoms with Crippen LogP contribution in [0.4, 0.5) is 0 Å². The fourth-order valence-electron chi connectivity index (χ4n) is 7.67. The van der Waals surface area contributed by atoms with Gasteiger partial charge in [0.15, 0.2) is 0 Å². The molecule has 0 saturated carbocycles. The van der Waals surface area contributed by atoms with Crippen LogP contribution < -0.4 is 5.32 Å². The molecule has 0 aromatic carbocycles. The molecule has 0 aliphatic rings. The zero-order valence-electron chi connectivity index (χ0n) is 48.5. The number of hydrogen-bond acceptors (Lipinski definition) is 5. The van der Waals surface area contributed by atoms with Crippen molar-refractivity contribution in [2.75, 3.05) is 40.9 Å². The number of nitrogens with one attached hydrogen (secondary N) is 1. The molecule has 0 aromatic rings. The van der Waals surface area contributed by atoms with Crippen molar-refractivity contribution in [1.29, 1.82) is 0 Å². The zero-order valence-corrected chi connectivity index (χ0v) is 49.4. The molecule has 3 unspecified atom stereocenters. The van der Waals surface area contributed by atoms with Crippen molar-refractivity contribution < 1.29 is 32.9 Å². The minimum absolute atomic E-state index is 0.0392. The highest BCUT2D eigenvalue weighted by atomic mass is 31.2. The number of nitrogens with zero attached hydrogens (tertiary/aromatic N) is 1. The quantitative estimate of drug-likeness (QED) is 0.0243. The van der Waals surface area contributed by atoms with Gasteiger partial charge in [0.2, 0.25) is 5.91 Å². The number of hydrogen-bond donors (Lipinski definition) is 3. The minimum atomic E-state index is -4.38. The summed E-state index contributed by atoms with van der Waals surface area (Å²) in [5, 5.41) is 13.9. The molecule has 0 saturated heterocycles. The second kappa shape index (κ2) is 55.1. The largest absolute Gasteiger partial charge is 0.472 e. The minimum Gasteiger partial charge on any atom is -0.387 e. The maximum Gasteiger partial charge on any atom is 0.472 e. The number of carbonyl (C=O) groups excluding carboxylic acids is 1. The van der Waals surface area contributed by atoms with Gasteiger partial charge in [0.1, 0.15) is 13.2 Å². The third kappa shape index (κ3) is 57.9. The van der Waals surface area contributed by atoms with Crippen LogP contribution in [0.3, 0.4) is 0 Å². The number of aliphatic hydroxyl groups excluding tert-OH is 1. The Bertz CT molecular complexity index is 1720. The highest BCUT2D eigenvalue weighted by molar-refractivity contribution is 7.47. The molecule has 3 atom stereocenters. The van der Waals surface area contributed by atoms with Crippen LogP contribution in [0.15, 0.2) is 146 Å². The van der Waals surface area contributed by atoms with E-state index in [0.29, 0.717) is 17.4 Å². The van der Waals surface area contributed by atoms with Gasteiger partial charge in [0.05, 0.1) is 39.9 Å². The Morgan fingerprint density at radius 3 is 1.23 bits per heavy atom. The van der Waals surface area contributed by atoms with E-state index in [4.69, 9.17) is 9.05 Å². The van der Waals surface area contributed by atoms with Gasteiger partial charge in [-0.15, -0.1) is 0 Å². The maximum absolute atomic E-state index is 13.0. The molecule has 0 radical (unpaired) electrons. The van der Waals surface area contributed by atoms with Crippen molar-refractivity contribution in [2.24, 2.45) is 0 Å². The average Bonchev–Trinajstić information content (AvgIpc) is 3.37. The Morgan fingerprint density at radius 1 is 0.467 bits per heavy atom. The van der Waals surface area contributed by atoms with Gasteiger partial charge in [-0.1, -0.05) is 243 Å². The van der Waals surface area contributed by atoms with Crippen molar-refractivity contribution in [3.63, 3.8) is 0 Å². The standard InChI is InChI=1S/C66H111N2O6P/c1-6-8-10-12-14-16-18-20-22-24-26-28-29-30-31-32-33-34-35-36-37-38-39-40-42-44-46-48-50-52-54-56-58-60-66(70)67-64(63-74-75(71,72)73-62-61-68(3,4)5)65(69)59-57-55-53-51-49-47-45-43-41-27-25-23-21-19-17-15-13-11-9-7-2/h8,10,14,16,20,22,26,28,30-31,33-34,36-37,39-40,44,46,49-52,57,59,64-65,69H,6-7,9,11-13,15,17-19,21,23-25,27,29,32,35,38,41-43,45,47-48,53-56,58,60-63H2,1-5H3,(H-,67,70,71,72)/p+1/b10-8-,16-14-,22-20-,28-26-,31-30-,34-33-,37-36-,40-39-,46-44-,51-49+,52-50-,59-57+. The summed E-state index contributed by atoms with van der Waals surface area (Å²) in [6.45, 7) is 4.63. The Labute approximate surface area is 461 Å². The molecule has 0 spiro atoms. The summed E-state index contributed by atoms with van der Waals surface area (Å²) in [5.41, 5.74) is 0. The molecular weight excluding hydrogens is 948 g/mol. The average molecular weight is 1060 g/mol. The molecule has 75 heavy (non-hydrogen) atoms. The number of quaternary nitrogens is 1. The van der Waals surface area contributed by atoms with Crippen molar-refractivity contribution in [2.45, 2.75) is 225 Å². The molecule has 0 fully saturated rings. The first-order valence-corrected chi connectivity index (χ1v) is 31.2. The fraction of sp³-hybridized carbons (Fsp3) is 0.621. The smallest absolute Gasteiger partial charge is 0.387 e. The normalized spacial score (nSPS) is 14.9. The first kappa shape index (κ1) is 71.4. The van der Waals surface area contributed by atoms with E-state index in [1.165, 1.54) is 89.9 Å². The van der Waals surface area contributed by atoms with Crippen LogP contribution >= 0.6 is 7.82 Å². The van der Waals surface area contributed by atoms with Crippen molar-refractivity contribution in [3.05, 3.63) is 146 Å². The lowest BCUT2D eigenvalue weighted by Gasteiger charge is -2.25. The van der Waals surface area contributed by atoms with Gasteiger partial charge >= 0.3 is 7.82 Å². The summed E-state index contributed by atoms with van der Waals surface area (Å²) in [4.78, 5) is 23.3. The van der Waals surface area contributed by atoms with Crippen molar-refractivity contribution in [3.8, 4) is 0 Å². The lowest BCUT2D eigenvalue weighted by molar-refractivity contribution is -0.870. The van der Waals surface area contributed by atoms with Gasteiger partial charge in [0, 0.05) is 6.42 Å². The number of allylic oxidation sites excluding steroid dienone is 23. The molecule has 426 valence electrons. The van der Waals surface area contributed by atoms with Crippen LogP contribution in [0.5, 0.6) is 0 Å². The fourth-order valence-corrected chi connectivity index (χ4v) is 8.41. The number of unbranched alkanes of at least 4 members (excludes halogenated alkanes) is 17. The van der Waals surface area contributed by atoms with E-state index < -0.39 is 20.0 Å². The summed E-state index contributed by atoms with van der Waals surface area (Å²) < 4.78 is 23.7. The van der Waals surface area contributed by atoms with Gasteiger partial charge in [-0.2, -0.15) is 0 Å². The van der Waals surface area contributed by atoms with Gasteiger partial charge in [-0.3, -0.25) is 13.8 Å². The Kier molecular flexibility index (Phi) is 52.5. The first-order valence-electron chi connectivity index (χ1n) is 29.7. The number of carbonyl (C=O) groups is 1. The predicted octanol–water partition coefficient (Wildman–Crippen LogP) is 18.5. The van der Waals surface area contributed by atoms with Crippen LogP contribution in [0, 0.1) is 0 Å². The molecule has 1 amide bonds. The van der Waals surface area contributed by atoms with E-state index in [0.717, 1.165) is 96.3 Å². The monoisotopic (exact) mass is 1060 g/mol. The summed E-state index contributed by atoms with van der Waals surface area (Å²) >= 11 is 0. The van der Waals surface area contributed by atoms with Crippen LogP contribution in [0.25, 0.3) is 0 Å². The second-order valence-electron chi connectivity index (χ2n) is 20.6. The molecule has 0 heterocycles. The van der Waals surface area contributed by atoms with E-state index in [1.807, 2.05) is 27.2 Å². The molecule has 0 bridgehead atoms. The molecule has 9 heteroatoms. The molecular formula is C66H112N2O6P+. The summed E-state index contributed by atoms with van der Waals surface area (Å²) in [5.74, 6) is -0.235. The summed E-state index contributed by atoms with van der Waals surface area (Å²) in [7, 11) is 1.50. The number of likely N-dealkylation sites (N-methyl/N-ethyl adjacent to an activating group) is 1. The topological polar surface area (TPSA) is 105 Å². The SMILES string of the molecule is CC/C=C\C/C=C\C/C=C\C/C=C\C/C=C\C/C=C\C/C=C\C/C=C\C/C=C\C/C=C\CCCCC(=O)NC(COP(=O)(O)OCC[N+](C)(C)C)C(O)/C=C/CC/C=C/CCCCCCCCCCCCCCCC. The summed E-state index contributed by atoms with van der Waals surface area (Å²) in [6.07, 6.45) is 85.3. The number of rotatable bonds is 52. The zero-order chi connectivity index (χ0) is 54.9. The molecule has 3 N–H and O–H groups in total. The number of aliphatic hydroxyl groups is 1. The lowest BCUT2D eigenvalue weighted by atomic mass is 10.0. The van der Waals surface area contributed by atoms with E-state index in [2.05, 4.69) is 153 Å². The summed E-state index contributed by atoms with van der Waals surface area (Å²) in [6, 6.07) is -0.899. The molecule has 0 aliphatic heterocycles. The Morgan fingerprint density at radius 2 is 0.813 bits per heavy atom. The van der Waals surface area contributed by atoms with Gasteiger partial charge in [0.25, 0.3) is 0 Å². The van der Waals surface area contributed by atoms with Crippen LogP contribution in [0.1, 0.15) is 213 Å². The van der Waals surface area contributed by atoms with Crippen LogP contribution in [0.2, 0.25) is 0 Å². The van der Waals surface area contributed by atoms with E-state index >= 15 is 0 Å². The Balaban J connectivity index is 4.38. The van der Waals surface area contributed by atoms with E-state index in [-0.39, 0.29) is 25.5 Å². The van der Waals surface area contributed by atoms with Gasteiger partial charge in [-0.25, -0.2) is 4.57 Å². The van der Waals surface area contributed by atoms with Crippen molar-refractivity contribution in [1.82, 2.24) is 5.32 Å². The first-order chi connectivity index (χ1) is 36.5. The van der Waals surface area contributed by atoms with E-state index in [1.54, 1.807) is 6.08 Å². The van der Waals surface area contributed by atoms with Crippen molar-refractivity contribution >= 4 is 13.7 Å². The molecule has 0 aromatic heterocycles.